The van der Waals surface area contributed by atoms with Crippen LogP contribution in [0.2, 0.25) is 0 Å². The standard InChI is InChI=1S/C24H27N5O3S/c1-18-4-5-19(2)22(16-18)33(31,32)27-21-8-6-20(7-9-21)17-23(30)28-12-14-29(15-13-28)24-25-10-3-11-26-24/h3-11,16,27H,12-15,17H2,1-2H3. The number of aryl methyl sites for hydroxylation is 2. The molecule has 1 aromatic heterocycles. The smallest absolute Gasteiger partial charge is 0.262 e. The fourth-order valence-corrected chi connectivity index (χ4v) is 5.18. The van der Waals surface area contributed by atoms with Gasteiger partial charge in [0.15, 0.2) is 0 Å². The number of carbonyl (C=O) groups excluding carboxylic acids is 1. The molecule has 0 aliphatic carbocycles. The Morgan fingerprint density at radius 1 is 0.970 bits per heavy atom. The monoisotopic (exact) mass is 465 g/mol. The lowest BCUT2D eigenvalue weighted by atomic mass is 10.1. The highest BCUT2D eigenvalue weighted by Crippen LogP contribution is 2.21. The summed E-state index contributed by atoms with van der Waals surface area (Å²) in [5.74, 6) is 0.732. The molecule has 0 saturated carbocycles. The van der Waals surface area contributed by atoms with Crippen LogP contribution >= 0.6 is 0 Å². The van der Waals surface area contributed by atoms with Gasteiger partial charge in [0.05, 0.1) is 11.3 Å². The third-order valence-electron chi connectivity index (χ3n) is 5.66. The zero-order valence-corrected chi connectivity index (χ0v) is 19.5. The fraction of sp³-hybridized carbons (Fsp3) is 0.292. The van der Waals surface area contributed by atoms with E-state index in [0.29, 0.717) is 43.4 Å². The maximum atomic E-state index is 12.8. The van der Waals surface area contributed by atoms with Crippen molar-refractivity contribution in [3.63, 3.8) is 0 Å². The summed E-state index contributed by atoms with van der Waals surface area (Å²) in [7, 11) is -3.69. The molecule has 3 aromatic rings. The molecular formula is C24H27N5O3S. The van der Waals surface area contributed by atoms with E-state index in [9.17, 15) is 13.2 Å². The minimum absolute atomic E-state index is 0.0485. The molecule has 1 aliphatic heterocycles. The van der Waals surface area contributed by atoms with Crippen molar-refractivity contribution >= 4 is 27.6 Å². The van der Waals surface area contributed by atoms with E-state index in [4.69, 9.17) is 0 Å². The number of aromatic nitrogens is 2. The maximum absolute atomic E-state index is 12.8. The lowest BCUT2D eigenvalue weighted by molar-refractivity contribution is -0.130. The maximum Gasteiger partial charge on any atom is 0.262 e. The predicted octanol–water partition coefficient (Wildman–Crippen LogP) is 2.79. The van der Waals surface area contributed by atoms with Gasteiger partial charge in [-0.2, -0.15) is 0 Å². The van der Waals surface area contributed by atoms with Crippen LogP contribution in [0.1, 0.15) is 16.7 Å². The van der Waals surface area contributed by atoms with E-state index in [-0.39, 0.29) is 17.2 Å². The summed E-state index contributed by atoms with van der Waals surface area (Å²) in [6.07, 6.45) is 3.70. The molecule has 1 aliphatic rings. The van der Waals surface area contributed by atoms with Gasteiger partial charge >= 0.3 is 0 Å². The van der Waals surface area contributed by atoms with E-state index in [1.807, 2.05) is 17.9 Å². The first kappa shape index (κ1) is 22.7. The zero-order chi connectivity index (χ0) is 23.4. The van der Waals surface area contributed by atoms with Crippen LogP contribution in [0.4, 0.5) is 11.6 Å². The van der Waals surface area contributed by atoms with E-state index in [1.54, 1.807) is 61.8 Å². The molecule has 9 heteroatoms. The van der Waals surface area contributed by atoms with Gasteiger partial charge in [0.1, 0.15) is 0 Å². The Morgan fingerprint density at radius 2 is 1.64 bits per heavy atom. The molecule has 1 N–H and O–H groups in total. The van der Waals surface area contributed by atoms with Gasteiger partial charge < -0.3 is 9.80 Å². The van der Waals surface area contributed by atoms with Gasteiger partial charge in [-0.25, -0.2) is 18.4 Å². The van der Waals surface area contributed by atoms with E-state index in [1.165, 1.54) is 0 Å². The summed E-state index contributed by atoms with van der Waals surface area (Å²) in [5.41, 5.74) is 2.87. The number of hydrogen-bond acceptors (Lipinski definition) is 6. The largest absolute Gasteiger partial charge is 0.339 e. The number of hydrogen-bond donors (Lipinski definition) is 1. The van der Waals surface area contributed by atoms with E-state index >= 15 is 0 Å². The summed E-state index contributed by atoms with van der Waals surface area (Å²) < 4.78 is 28.2. The van der Waals surface area contributed by atoms with E-state index in [0.717, 1.165) is 11.1 Å². The van der Waals surface area contributed by atoms with Crippen LogP contribution in [0, 0.1) is 13.8 Å². The number of nitrogens with zero attached hydrogens (tertiary/aromatic N) is 4. The summed E-state index contributed by atoms with van der Waals surface area (Å²) in [4.78, 5) is 25.5. The Hall–Kier alpha value is -3.46. The second-order valence-corrected chi connectivity index (χ2v) is 9.82. The Labute approximate surface area is 194 Å². The predicted molar refractivity (Wildman–Crippen MR) is 128 cm³/mol. The van der Waals surface area contributed by atoms with Crippen molar-refractivity contribution in [1.82, 2.24) is 14.9 Å². The van der Waals surface area contributed by atoms with Crippen LogP contribution < -0.4 is 9.62 Å². The first-order chi connectivity index (χ1) is 15.8. The number of benzene rings is 2. The van der Waals surface area contributed by atoms with E-state index in [2.05, 4.69) is 19.6 Å². The molecule has 0 radical (unpaired) electrons. The van der Waals surface area contributed by atoms with Crippen molar-refractivity contribution in [1.29, 1.82) is 0 Å². The van der Waals surface area contributed by atoms with Gasteiger partial charge in [-0.3, -0.25) is 9.52 Å². The average Bonchev–Trinajstić information content (AvgIpc) is 2.82. The third kappa shape index (κ3) is 5.48. The second-order valence-electron chi connectivity index (χ2n) is 8.16. The quantitative estimate of drug-likeness (QED) is 0.602. The molecule has 33 heavy (non-hydrogen) atoms. The average molecular weight is 466 g/mol. The molecule has 4 rings (SSSR count). The number of rotatable bonds is 6. The SMILES string of the molecule is Cc1ccc(C)c(S(=O)(=O)Nc2ccc(CC(=O)N3CCN(c4ncccn4)CC3)cc2)c1. The van der Waals surface area contributed by atoms with Crippen LogP contribution in [-0.4, -0.2) is 55.4 Å². The minimum Gasteiger partial charge on any atom is -0.339 e. The molecule has 0 atom stereocenters. The number of amides is 1. The Morgan fingerprint density at radius 3 is 2.30 bits per heavy atom. The lowest BCUT2D eigenvalue weighted by Gasteiger charge is -2.34. The molecule has 1 saturated heterocycles. The summed E-state index contributed by atoms with van der Waals surface area (Å²) >= 11 is 0. The summed E-state index contributed by atoms with van der Waals surface area (Å²) in [6.45, 7) is 6.24. The summed E-state index contributed by atoms with van der Waals surface area (Å²) in [5, 5.41) is 0. The van der Waals surface area contributed by atoms with Gasteiger partial charge in [-0.05, 0) is 54.8 Å². The third-order valence-corrected chi connectivity index (χ3v) is 7.19. The van der Waals surface area contributed by atoms with Crippen molar-refractivity contribution in [2.75, 3.05) is 35.8 Å². The molecule has 172 valence electrons. The van der Waals surface area contributed by atoms with Gasteiger partial charge in [-0.15, -0.1) is 0 Å². The highest BCUT2D eigenvalue weighted by molar-refractivity contribution is 7.92. The Balaban J connectivity index is 1.34. The van der Waals surface area contributed by atoms with Gasteiger partial charge in [0.25, 0.3) is 10.0 Å². The van der Waals surface area contributed by atoms with Crippen molar-refractivity contribution in [2.45, 2.75) is 25.2 Å². The number of carbonyl (C=O) groups is 1. The van der Waals surface area contributed by atoms with Crippen LogP contribution in [0.3, 0.4) is 0 Å². The van der Waals surface area contributed by atoms with Crippen LogP contribution in [0.25, 0.3) is 0 Å². The first-order valence-corrected chi connectivity index (χ1v) is 12.3. The van der Waals surface area contributed by atoms with Gasteiger partial charge in [0.2, 0.25) is 11.9 Å². The first-order valence-electron chi connectivity index (χ1n) is 10.8. The molecular weight excluding hydrogens is 438 g/mol. The summed E-state index contributed by atoms with van der Waals surface area (Å²) in [6, 6.07) is 14.1. The molecule has 2 heterocycles. The van der Waals surface area contributed by atoms with Crippen molar-refractivity contribution in [2.24, 2.45) is 0 Å². The molecule has 0 unspecified atom stereocenters. The molecule has 1 fully saturated rings. The number of nitrogens with one attached hydrogen (secondary N) is 1. The lowest BCUT2D eigenvalue weighted by Crippen LogP contribution is -2.49. The van der Waals surface area contributed by atoms with Crippen molar-refractivity contribution in [3.8, 4) is 0 Å². The van der Waals surface area contributed by atoms with Crippen LogP contribution in [0.15, 0.2) is 65.8 Å². The highest BCUT2D eigenvalue weighted by atomic mass is 32.2. The number of anilines is 2. The molecule has 2 aromatic carbocycles. The van der Waals surface area contributed by atoms with Crippen LogP contribution in [-0.2, 0) is 21.2 Å². The molecule has 1 amide bonds. The van der Waals surface area contributed by atoms with Crippen LogP contribution in [0.5, 0.6) is 0 Å². The van der Waals surface area contributed by atoms with Gasteiger partial charge in [-0.1, -0.05) is 24.3 Å². The molecule has 0 bridgehead atoms. The Kier molecular flexibility index (Phi) is 6.60. The Bertz CT molecular complexity index is 1220. The topological polar surface area (TPSA) is 95.5 Å². The van der Waals surface area contributed by atoms with Crippen molar-refractivity contribution in [3.05, 3.63) is 77.6 Å². The second kappa shape index (κ2) is 9.58. The van der Waals surface area contributed by atoms with Crippen molar-refractivity contribution < 1.29 is 13.2 Å². The molecule has 8 nitrogen and oxygen atoms in total. The molecule has 0 spiro atoms. The van der Waals surface area contributed by atoms with Gasteiger partial charge in [0, 0.05) is 44.3 Å². The van der Waals surface area contributed by atoms with E-state index < -0.39 is 10.0 Å². The number of piperazine rings is 1. The fourth-order valence-electron chi connectivity index (χ4n) is 3.79. The minimum atomic E-state index is -3.69. The zero-order valence-electron chi connectivity index (χ0n) is 18.7. The normalized spacial score (nSPS) is 14.2. The highest BCUT2D eigenvalue weighted by Gasteiger charge is 2.22. The number of sulfonamides is 1.